The predicted molar refractivity (Wildman–Crippen MR) is 83.2 cm³/mol. The van der Waals surface area contributed by atoms with E-state index in [9.17, 15) is 13.2 Å². The van der Waals surface area contributed by atoms with Crippen molar-refractivity contribution in [3.8, 4) is 0 Å². The van der Waals surface area contributed by atoms with Crippen LogP contribution in [0, 0.1) is 20.8 Å². The van der Waals surface area contributed by atoms with Crippen LogP contribution >= 0.6 is 0 Å². The number of hydrogen-bond acceptors (Lipinski definition) is 3. The second kappa shape index (κ2) is 7.02. The van der Waals surface area contributed by atoms with Crippen molar-refractivity contribution >= 4 is 15.6 Å². The van der Waals surface area contributed by atoms with Gasteiger partial charge in [-0.15, -0.1) is 0 Å². The maximum atomic E-state index is 12.2. The Hall–Kier alpha value is -1.16. The highest BCUT2D eigenvalue weighted by Crippen LogP contribution is 2.17. The maximum Gasteiger partial charge on any atom is 0.178 e. The van der Waals surface area contributed by atoms with E-state index in [0.29, 0.717) is 12.0 Å². The molecule has 0 heterocycles. The standard InChI is InChI=1S/C16H24O3S/c1-5-6-7-8-20(18,19)11-16(17)15-10-13(3)12(2)9-14(15)4/h9-10H,5-8,11H2,1-4H3. The fourth-order valence-corrected chi connectivity index (χ4v) is 3.53. The van der Waals surface area contributed by atoms with Crippen molar-refractivity contribution in [2.75, 3.05) is 11.5 Å². The van der Waals surface area contributed by atoms with Crippen LogP contribution in [0.4, 0.5) is 0 Å². The Morgan fingerprint density at radius 3 is 2.20 bits per heavy atom. The number of benzene rings is 1. The Balaban J connectivity index is 2.84. The van der Waals surface area contributed by atoms with Crippen molar-refractivity contribution in [2.45, 2.75) is 47.0 Å². The SMILES string of the molecule is CCCCCS(=O)(=O)CC(=O)c1cc(C)c(C)cc1C. The minimum Gasteiger partial charge on any atom is -0.293 e. The lowest BCUT2D eigenvalue weighted by Crippen LogP contribution is -2.20. The first kappa shape index (κ1) is 16.9. The number of unbranched alkanes of at least 4 members (excludes halogenated alkanes) is 2. The van der Waals surface area contributed by atoms with E-state index in [4.69, 9.17) is 0 Å². The summed E-state index contributed by atoms with van der Waals surface area (Å²) in [7, 11) is -3.29. The zero-order chi connectivity index (χ0) is 15.3. The summed E-state index contributed by atoms with van der Waals surface area (Å²) in [5.74, 6) is -0.557. The average Bonchev–Trinajstić information content (AvgIpc) is 2.33. The van der Waals surface area contributed by atoms with Crippen LogP contribution in [0.15, 0.2) is 12.1 Å². The van der Waals surface area contributed by atoms with Crippen LogP contribution in [0.2, 0.25) is 0 Å². The third kappa shape index (κ3) is 4.75. The highest BCUT2D eigenvalue weighted by atomic mass is 32.2. The lowest BCUT2D eigenvalue weighted by Gasteiger charge is -2.09. The van der Waals surface area contributed by atoms with E-state index in [1.807, 2.05) is 33.8 Å². The fraction of sp³-hybridized carbons (Fsp3) is 0.562. The Bertz CT molecular complexity index is 586. The molecule has 0 aromatic heterocycles. The van der Waals surface area contributed by atoms with Crippen molar-refractivity contribution in [1.29, 1.82) is 0 Å². The van der Waals surface area contributed by atoms with Gasteiger partial charge >= 0.3 is 0 Å². The van der Waals surface area contributed by atoms with Crippen molar-refractivity contribution in [1.82, 2.24) is 0 Å². The van der Waals surface area contributed by atoms with Gasteiger partial charge in [-0.1, -0.05) is 25.8 Å². The number of Topliss-reactive ketones (excluding diaryl/α,β-unsaturated/α-hetero) is 1. The van der Waals surface area contributed by atoms with E-state index < -0.39 is 9.84 Å². The second-order valence-electron chi connectivity index (χ2n) is 5.47. The van der Waals surface area contributed by atoms with Crippen LogP contribution in [0.25, 0.3) is 0 Å². The molecule has 0 saturated heterocycles. The Morgan fingerprint density at radius 2 is 1.60 bits per heavy atom. The summed E-state index contributed by atoms with van der Waals surface area (Å²) in [6, 6.07) is 3.74. The molecule has 1 aromatic rings. The smallest absolute Gasteiger partial charge is 0.178 e. The van der Waals surface area contributed by atoms with Gasteiger partial charge in [0.25, 0.3) is 0 Å². The maximum absolute atomic E-state index is 12.2. The molecule has 0 amide bonds. The molecule has 0 N–H and O–H groups in total. The second-order valence-corrected chi connectivity index (χ2v) is 7.66. The van der Waals surface area contributed by atoms with E-state index in [1.54, 1.807) is 6.07 Å². The lowest BCUT2D eigenvalue weighted by molar-refractivity contribution is 0.102. The molecule has 0 aliphatic carbocycles. The molecular weight excluding hydrogens is 272 g/mol. The molecule has 112 valence electrons. The summed E-state index contributed by atoms with van der Waals surface area (Å²) >= 11 is 0. The Kier molecular flexibility index (Phi) is 5.93. The van der Waals surface area contributed by atoms with Gasteiger partial charge in [0.2, 0.25) is 0 Å². The van der Waals surface area contributed by atoms with Crippen LogP contribution in [-0.2, 0) is 9.84 Å². The van der Waals surface area contributed by atoms with E-state index >= 15 is 0 Å². The first-order valence-corrected chi connectivity index (χ1v) is 8.90. The first-order chi connectivity index (χ1) is 9.26. The van der Waals surface area contributed by atoms with Crippen molar-refractivity contribution in [3.05, 3.63) is 34.4 Å². The lowest BCUT2D eigenvalue weighted by atomic mass is 9.99. The van der Waals surface area contributed by atoms with E-state index in [-0.39, 0.29) is 17.3 Å². The largest absolute Gasteiger partial charge is 0.293 e. The number of ketones is 1. The zero-order valence-electron chi connectivity index (χ0n) is 12.8. The number of hydrogen-bond donors (Lipinski definition) is 0. The van der Waals surface area contributed by atoms with Crippen molar-refractivity contribution in [3.63, 3.8) is 0 Å². The van der Waals surface area contributed by atoms with Crippen molar-refractivity contribution in [2.24, 2.45) is 0 Å². The molecule has 0 saturated carbocycles. The number of carbonyl (C=O) groups excluding carboxylic acids is 1. The van der Waals surface area contributed by atoms with Crippen molar-refractivity contribution < 1.29 is 13.2 Å². The van der Waals surface area contributed by atoms with E-state index in [0.717, 1.165) is 29.5 Å². The quantitative estimate of drug-likeness (QED) is 0.572. The van der Waals surface area contributed by atoms with Crippen LogP contribution in [0.5, 0.6) is 0 Å². The molecule has 4 heteroatoms. The predicted octanol–water partition coefficient (Wildman–Crippen LogP) is 3.40. The van der Waals surface area contributed by atoms with Gasteiger partial charge in [0.05, 0.1) is 5.75 Å². The van der Waals surface area contributed by atoms with Gasteiger partial charge in [-0.3, -0.25) is 4.79 Å². The average molecular weight is 296 g/mol. The molecule has 0 aliphatic heterocycles. The zero-order valence-corrected chi connectivity index (χ0v) is 13.6. The molecule has 1 rings (SSSR count). The van der Waals surface area contributed by atoms with Gasteiger partial charge in [0.15, 0.2) is 15.6 Å². The number of rotatable bonds is 7. The molecule has 0 spiro atoms. The molecule has 0 unspecified atom stereocenters. The summed E-state index contributed by atoms with van der Waals surface area (Å²) in [5, 5.41) is 0. The summed E-state index contributed by atoms with van der Waals surface area (Å²) < 4.78 is 23.9. The topological polar surface area (TPSA) is 51.2 Å². The van der Waals surface area contributed by atoms with Crippen LogP contribution in [0.3, 0.4) is 0 Å². The van der Waals surface area contributed by atoms with Gasteiger partial charge < -0.3 is 0 Å². The minimum absolute atomic E-state index is 0.108. The van der Waals surface area contributed by atoms with Gasteiger partial charge in [-0.25, -0.2) is 8.42 Å². The molecule has 0 radical (unpaired) electrons. The molecule has 0 bridgehead atoms. The normalized spacial score (nSPS) is 11.6. The summed E-state index contributed by atoms with van der Waals surface area (Å²) in [4.78, 5) is 12.2. The molecule has 0 atom stereocenters. The van der Waals surface area contributed by atoms with Gasteiger partial charge in [0.1, 0.15) is 5.75 Å². The molecular formula is C16H24O3S. The van der Waals surface area contributed by atoms with Gasteiger partial charge in [-0.05, 0) is 49.9 Å². The minimum atomic E-state index is -3.29. The van der Waals surface area contributed by atoms with E-state index in [1.165, 1.54) is 0 Å². The monoisotopic (exact) mass is 296 g/mol. The van der Waals surface area contributed by atoms with E-state index in [2.05, 4.69) is 0 Å². The first-order valence-electron chi connectivity index (χ1n) is 7.08. The Labute approximate surface area is 122 Å². The van der Waals surface area contributed by atoms with Gasteiger partial charge in [-0.2, -0.15) is 0 Å². The van der Waals surface area contributed by atoms with Gasteiger partial charge in [0, 0.05) is 5.56 Å². The third-order valence-corrected chi connectivity index (χ3v) is 5.16. The summed E-state index contributed by atoms with van der Waals surface area (Å²) in [5.41, 5.74) is 3.52. The number of aryl methyl sites for hydroxylation is 3. The third-order valence-electron chi connectivity index (χ3n) is 3.55. The molecule has 1 aromatic carbocycles. The number of carbonyl (C=O) groups is 1. The molecule has 20 heavy (non-hydrogen) atoms. The summed E-state index contributed by atoms with van der Waals surface area (Å²) in [6.07, 6.45) is 2.49. The van der Waals surface area contributed by atoms with Crippen LogP contribution in [-0.4, -0.2) is 25.7 Å². The highest BCUT2D eigenvalue weighted by molar-refractivity contribution is 7.92. The van der Waals surface area contributed by atoms with Crippen LogP contribution < -0.4 is 0 Å². The highest BCUT2D eigenvalue weighted by Gasteiger charge is 2.19. The fourth-order valence-electron chi connectivity index (χ4n) is 2.18. The van der Waals surface area contributed by atoms with Crippen LogP contribution in [0.1, 0.15) is 53.2 Å². The molecule has 0 fully saturated rings. The number of sulfone groups is 1. The molecule has 3 nitrogen and oxygen atoms in total. The summed E-state index contributed by atoms with van der Waals surface area (Å²) in [6.45, 7) is 7.79. The molecule has 0 aliphatic rings. The Morgan fingerprint density at radius 1 is 1.00 bits per heavy atom.